The normalized spacial score (nSPS) is 14.3. The second kappa shape index (κ2) is 10.3. The summed E-state index contributed by atoms with van der Waals surface area (Å²) in [7, 11) is 3.20. The van der Waals surface area contributed by atoms with Crippen LogP contribution in [0.4, 0.5) is 5.69 Å². The van der Waals surface area contributed by atoms with Gasteiger partial charge in [-0.2, -0.15) is 0 Å². The zero-order valence-corrected chi connectivity index (χ0v) is 18.1. The first kappa shape index (κ1) is 22.0. The zero-order valence-electron chi connectivity index (χ0n) is 17.3. The van der Waals surface area contributed by atoms with Gasteiger partial charge in [-0.3, -0.25) is 9.59 Å². The first-order valence-electron chi connectivity index (χ1n) is 10.0. The third-order valence-electron chi connectivity index (χ3n) is 5.41. The molecule has 0 atom stereocenters. The summed E-state index contributed by atoms with van der Waals surface area (Å²) in [4.78, 5) is 27.1. The smallest absolute Gasteiger partial charge is 0.224 e. The monoisotopic (exact) mass is 430 g/mol. The van der Waals surface area contributed by atoms with Gasteiger partial charge in [-0.05, 0) is 55.3 Å². The third-order valence-corrected chi connectivity index (χ3v) is 5.64. The summed E-state index contributed by atoms with van der Waals surface area (Å²) in [5.74, 6) is 1.59. The van der Waals surface area contributed by atoms with Crippen molar-refractivity contribution in [2.24, 2.45) is 5.92 Å². The summed E-state index contributed by atoms with van der Waals surface area (Å²) < 4.78 is 10.4. The molecule has 0 unspecified atom stereocenters. The number of benzene rings is 2. The van der Waals surface area contributed by atoms with Crippen molar-refractivity contribution in [3.63, 3.8) is 0 Å². The Balaban J connectivity index is 1.46. The van der Waals surface area contributed by atoms with Crippen LogP contribution in [-0.4, -0.2) is 50.4 Å². The summed E-state index contributed by atoms with van der Waals surface area (Å²) in [6.45, 7) is 1.69. The molecule has 1 N–H and O–H groups in total. The van der Waals surface area contributed by atoms with Gasteiger partial charge < -0.3 is 19.7 Å². The number of ketones is 1. The number of amides is 1. The Hall–Kier alpha value is -2.73. The Morgan fingerprint density at radius 3 is 2.40 bits per heavy atom. The highest BCUT2D eigenvalue weighted by molar-refractivity contribution is 6.30. The number of ether oxygens (including phenoxy) is 2. The number of methoxy groups -OCH3 is 2. The van der Waals surface area contributed by atoms with E-state index in [9.17, 15) is 9.59 Å². The highest BCUT2D eigenvalue weighted by atomic mass is 35.5. The Labute approximate surface area is 182 Å². The van der Waals surface area contributed by atoms with Crippen LogP contribution < -0.4 is 14.8 Å². The van der Waals surface area contributed by atoms with E-state index in [1.165, 1.54) is 0 Å². The van der Waals surface area contributed by atoms with E-state index in [0.717, 1.165) is 11.4 Å². The number of anilines is 1. The van der Waals surface area contributed by atoms with Crippen LogP contribution in [0.25, 0.3) is 0 Å². The highest BCUT2D eigenvalue weighted by Gasteiger charge is 2.27. The van der Waals surface area contributed by atoms with Crippen molar-refractivity contribution in [1.29, 1.82) is 0 Å². The van der Waals surface area contributed by atoms with E-state index < -0.39 is 0 Å². The Morgan fingerprint density at radius 2 is 1.77 bits per heavy atom. The fourth-order valence-electron chi connectivity index (χ4n) is 3.66. The second-order valence-electron chi connectivity index (χ2n) is 7.27. The molecule has 0 bridgehead atoms. The maximum atomic E-state index is 12.7. The van der Waals surface area contributed by atoms with Crippen molar-refractivity contribution in [1.82, 2.24) is 4.90 Å². The first-order chi connectivity index (χ1) is 14.5. The van der Waals surface area contributed by atoms with E-state index in [2.05, 4.69) is 5.32 Å². The predicted molar refractivity (Wildman–Crippen MR) is 118 cm³/mol. The molecule has 2 aromatic carbocycles. The Kier molecular flexibility index (Phi) is 7.57. The zero-order chi connectivity index (χ0) is 21.5. The van der Waals surface area contributed by atoms with E-state index in [1.54, 1.807) is 56.7 Å². The lowest BCUT2D eigenvalue weighted by Crippen LogP contribution is -2.40. The van der Waals surface area contributed by atoms with Crippen LogP contribution in [0.2, 0.25) is 5.02 Å². The van der Waals surface area contributed by atoms with Crippen molar-refractivity contribution in [2.75, 3.05) is 39.2 Å². The lowest BCUT2D eigenvalue weighted by Gasteiger charge is -2.31. The minimum absolute atomic E-state index is 0.0451. The largest absolute Gasteiger partial charge is 0.497 e. The molecular formula is C23H27ClN2O4. The number of piperidine rings is 1. The molecule has 0 saturated carbocycles. The molecule has 30 heavy (non-hydrogen) atoms. The Morgan fingerprint density at radius 1 is 1.07 bits per heavy atom. The number of hydrogen-bond donors (Lipinski definition) is 1. The van der Waals surface area contributed by atoms with Gasteiger partial charge >= 0.3 is 0 Å². The van der Waals surface area contributed by atoms with Crippen molar-refractivity contribution in [3.05, 3.63) is 53.1 Å². The number of nitrogens with one attached hydrogen (secondary N) is 1. The molecular weight excluding hydrogens is 404 g/mol. The van der Waals surface area contributed by atoms with Crippen LogP contribution >= 0.6 is 11.6 Å². The third kappa shape index (κ3) is 5.45. The summed E-state index contributed by atoms with van der Waals surface area (Å²) in [5, 5.41) is 3.82. The van der Waals surface area contributed by atoms with E-state index in [0.29, 0.717) is 55.2 Å². The average molecular weight is 431 g/mol. The molecule has 0 radical (unpaired) electrons. The molecule has 0 spiro atoms. The molecule has 1 aliphatic rings. The van der Waals surface area contributed by atoms with Crippen molar-refractivity contribution in [2.45, 2.75) is 19.3 Å². The van der Waals surface area contributed by atoms with Gasteiger partial charge in [0.1, 0.15) is 11.5 Å². The fraction of sp³-hybridized carbons (Fsp3) is 0.391. The second-order valence-corrected chi connectivity index (χ2v) is 7.71. The topological polar surface area (TPSA) is 67.9 Å². The number of halogens is 1. The molecule has 1 amide bonds. The molecule has 0 aromatic heterocycles. The van der Waals surface area contributed by atoms with E-state index in [4.69, 9.17) is 21.1 Å². The number of carbonyl (C=O) groups is 2. The van der Waals surface area contributed by atoms with Crippen LogP contribution in [0.5, 0.6) is 11.5 Å². The molecule has 0 aliphatic carbocycles. The number of likely N-dealkylation sites (tertiary alicyclic amines) is 1. The van der Waals surface area contributed by atoms with Crippen LogP contribution in [0.1, 0.15) is 29.6 Å². The van der Waals surface area contributed by atoms with E-state index >= 15 is 0 Å². The standard InChI is InChI=1S/C23H27ClN2O4/c1-29-19-6-3-16(4-7-19)23(28)17-10-13-26(14-11-17)22(27)9-12-25-20-15-18(24)5-8-21(20)30-2/h3-8,15,17,25H,9-14H2,1-2H3. The van der Waals surface area contributed by atoms with E-state index in [-0.39, 0.29) is 17.6 Å². The molecule has 160 valence electrons. The van der Waals surface area contributed by atoms with Crippen molar-refractivity contribution < 1.29 is 19.1 Å². The van der Waals surface area contributed by atoms with Crippen LogP contribution in [-0.2, 0) is 4.79 Å². The lowest BCUT2D eigenvalue weighted by atomic mass is 9.89. The molecule has 1 heterocycles. The minimum Gasteiger partial charge on any atom is -0.497 e. The van der Waals surface area contributed by atoms with Gasteiger partial charge in [0.2, 0.25) is 5.91 Å². The number of rotatable bonds is 8. The van der Waals surface area contributed by atoms with E-state index in [1.807, 2.05) is 4.90 Å². The summed E-state index contributed by atoms with van der Waals surface area (Å²) >= 11 is 6.03. The molecule has 3 rings (SSSR count). The van der Waals surface area contributed by atoms with Crippen molar-refractivity contribution >= 4 is 29.0 Å². The van der Waals surface area contributed by atoms with Crippen LogP contribution in [0.3, 0.4) is 0 Å². The summed E-state index contributed by atoms with van der Waals surface area (Å²) in [6.07, 6.45) is 1.74. The van der Waals surface area contributed by atoms with Crippen LogP contribution in [0.15, 0.2) is 42.5 Å². The van der Waals surface area contributed by atoms with Gasteiger partial charge in [0.05, 0.1) is 19.9 Å². The fourth-order valence-corrected chi connectivity index (χ4v) is 3.83. The predicted octanol–water partition coefficient (Wildman–Crippen LogP) is 4.28. The number of hydrogen-bond acceptors (Lipinski definition) is 5. The summed E-state index contributed by atoms with van der Waals surface area (Å²) in [5.41, 5.74) is 1.46. The molecule has 2 aromatic rings. The SMILES string of the molecule is COc1ccc(C(=O)C2CCN(C(=O)CCNc3cc(Cl)ccc3OC)CC2)cc1. The van der Waals surface area contributed by atoms with Gasteiger partial charge in [0, 0.05) is 42.6 Å². The molecule has 1 saturated heterocycles. The molecule has 6 nitrogen and oxygen atoms in total. The van der Waals surface area contributed by atoms with Crippen LogP contribution in [0, 0.1) is 5.92 Å². The highest BCUT2D eigenvalue weighted by Crippen LogP contribution is 2.28. The van der Waals surface area contributed by atoms with Gasteiger partial charge in [0.15, 0.2) is 5.78 Å². The number of carbonyl (C=O) groups excluding carboxylic acids is 2. The van der Waals surface area contributed by atoms with Gasteiger partial charge in [-0.15, -0.1) is 0 Å². The van der Waals surface area contributed by atoms with Gasteiger partial charge in [0.25, 0.3) is 0 Å². The molecule has 7 heteroatoms. The van der Waals surface area contributed by atoms with Gasteiger partial charge in [-0.1, -0.05) is 11.6 Å². The maximum absolute atomic E-state index is 12.7. The lowest BCUT2D eigenvalue weighted by molar-refractivity contribution is -0.132. The number of Topliss-reactive ketones (excluding diaryl/α,β-unsaturated/α-hetero) is 1. The first-order valence-corrected chi connectivity index (χ1v) is 10.4. The number of nitrogens with zero attached hydrogens (tertiary/aromatic N) is 1. The molecule has 1 fully saturated rings. The maximum Gasteiger partial charge on any atom is 0.224 e. The van der Waals surface area contributed by atoms with Crippen molar-refractivity contribution in [3.8, 4) is 11.5 Å². The van der Waals surface area contributed by atoms with Gasteiger partial charge in [-0.25, -0.2) is 0 Å². The summed E-state index contributed by atoms with van der Waals surface area (Å²) in [6, 6.07) is 12.5. The minimum atomic E-state index is -0.0451. The quantitative estimate of drug-likeness (QED) is 0.633. The average Bonchev–Trinajstić information content (AvgIpc) is 2.79. The molecule has 1 aliphatic heterocycles. The Bertz CT molecular complexity index is 877.